The number of likely N-dealkylation sites (N-methyl/N-ethyl adjacent to an activating group) is 1. The Bertz CT molecular complexity index is 2280. The molecule has 8 N–H and O–H groups in total. The molecule has 1 fully saturated rings. The summed E-state index contributed by atoms with van der Waals surface area (Å²) in [5, 5.41) is 83.7. The third-order valence-corrected chi connectivity index (χ3v) is 13.3. The molecule has 1 unspecified atom stereocenters. The van der Waals surface area contributed by atoms with E-state index in [1.807, 2.05) is 14.0 Å². The van der Waals surface area contributed by atoms with Crippen molar-refractivity contribution in [2.24, 2.45) is 28.8 Å². The number of fused-ring (bicyclic) bond motifs is 14. The minimum atomic E-state index is -2.04. The number of rotatable bonds is 12. The van der Waals surface area contributed by atoms with Gasteiger partial charge in [-0.05, 0) is 40.3 Å². The number of phenols is 3. The smallest absolute Gasteiger partial charge is 0.312 e. The molecule has 4 aliphatic rings. The van der Waals surface area contributed by atoms with E-state index >= 15 is 0 Å². The Hall–Kier alpha value is -5.32. The number of allylic oxidation sites excluding steroid dienone is 2. The molecular formula is C51H76N4O16. The Kier molecular flexibility index (Phi) is 21.7. The van der Waals surface area contributed by atoms with Crippen LogP contribution >= 0.6 is 0 Å². The van der Waals surface area contributed by atoms with E-state index in [4.69, 9.17) is 38.6 Å². The summed E-state index contributed by atoms with van der Waals surface area (Å²) in [5.41, 5.74) is -0.350. The van der Waals surface area contributed by atoms with Gasteiger partial charge in [0.05, 0.1) is 85.5 Å². The summed E-state index contributed by atoms with van der Waals surface area (Å²) in [5.74, 6) is -8.34. The number of ketones is 1. The normalized spacial score (nSPS) is 28.9. The van der Waals surface area contributed by atoms with Crippen LogP contribution < -0.4 is 10.1 Å². The first kappa shape index (κ1) is 58.3. The van der Waals surface area contributed by atoms with Crippen molar-refractivity contribution >= 4 is 40.3 Å². The van der Waals surface area contributed by atoms with Gasteiger partial charge < -0.3 is 74.4 Å². The van der Waals surface area contributed by atoms with Gasteiger partial charge in [-0.1, -0.05) is 45.9 Å². The number of carbonyl (C=O) groups excluding carboxylic acids is 3. The van der Waals surface area contributed by atoms with Crippen molar-refractivity contribution in [3.63, 3.8) is 0 Å². The second-order valence-electron chi connectivity index (χ2n) is 18.6. The molecule has 0 spiro atoms. The van der Waals surface area contributed by atoms with E-state index in [9.17, 15) is 39.9 Å². The van der Waals surface area contributed by atoms with E-state index < -0.39 is 88.8 Å². The number of hydrogen-bond donors (Lipinski definition) is 8. The van der Waals surface area contributed by atoms with Crippen molar-refractivity contribution in [3.8, 4) is 23.0 Å². The zero-order valence-corrected chi connectivity index (χ0v) is 42.9. The van der Waals surface area contributed by atoms with E-state index in [-0.39, 0.29) is 63.8 Å². The van der Waals surface area contributed by atoms with Gasteiger partial charge in [-0.3, -0.25) is 19.4 Å². The van der Waals surface area contributed by atoms with E-state index in [1.54, 1.807) is 44.9 Å². The van der Waals surface area contributed by atoms with Crippen molar-refractivity contribution in [1.82, 2.24) is 9.91 Å². The molecule has 0 aliphatic carbocycles. The molecule has 2 aromatic rings. The second-order valence-corrected chi connectivity index (χ2v) is 18.6. The van der Waals surface area contributed by atoms with Crippen LogP contribution in [0.4, 0.5) is 5.69 Å². The Labute approximate surface area is 416 Å². The number of hydrazone groups is 1. The van der Waals surface area contributed by atoms with Crippen LogP contribution in [0.25, 0.3) is 10.8 Å². The Morgan fingerprint density at radius 2 is 1.59 bits per heavy atom. The third kappa shape index (κ3) is 14.2. The fourth-order valence-electron chi connectivity index (χ4n) is 8.68. The van der Waals surface area contributed by atoms with Crippen molar-refractivity contribution < 1.29 is 78.6 Å². The molecule has 1 amide bonds. The minimum Gasteiger partial charge on any atom is -0.507 e. The van der Waals surface area contributed by atoms with Crippen molar-refractivity contribution in [2.45, 2.75) is 105 Å². The number of hydrogen-bond acceptors (Lipinski definition) is 19. The number of aromatic hydroxyl groups is 3. The van der Waals surface area contributed by atoms with Gasteiger partial charge in [-0.2, -0.15) is 5.10 Å². The van der Waals surface area contributed by atoms with Crippen LogP contribution in [0, 0.1) is 30.6 Å². The Morgan fingerprint density at radius 1 is 0.930 bits per heavy atom. The molecule has 20 nitrogen and oxygen atoms in total. The average molecular weight is 1000 g/mol. The van der Waals surface area contributed by atoms with Gasteiger partial charge in [-0.25, -0.2) is 0 Å². The van der Waals surface area contributed by atoms with Crippen LogP contribution in [0.5, 0.6) is 23.0 Å². The number of carbonyl (C=O) groups is 3. The van der Waals surface area contributed by atoms with Crippen molar-refractivity contribution in [1.29, 1.82) is 0 Å². The maximum atomic E-state index is 14.4. The number of benzene rings is 2. The first-order valence-electron chi connectivity index (χ1n) is 24.0. The zero-order chi connectivity index (χ0) is 52.9. The molecule has 5 bridgehead atoms. The molecule has 4 aliphatic heterocycles. The predicted molar refractivity (Wildman–Crippen MR) is 266 cm³/mol. The van der Waals surface area contributed by atoms with Gasteiger partial charge >= 0.3 is 11.8 Å². The molecule has 6 rings (SSSR count). The summed E-state index contributed by atoms with van der Waals surface area (Å²) in [6.07, 6.45) is 5.76. The number of amides is 1. The molecule has 0 saturated carbocycles. The maximum Gasteiger partial charge on any atom is 0.312 e. The van der Waals surface area contributed by atoms with Crippen LogP contribution in [0.3, 0.4) is 0 Å². The highest BCUT2D eigenvalue weighted by Crippen LogP contribution is 2.55. The highest BCUT2D eigenvalue weighted by atomic mass is 16.7. The van der Waals surface area contributed by atoms with Crippen molar-refractivity contribution in [2.75, 3.05) is 78.7 Å². The van der Waals surface area contributed by atoms with Crippen LogP contribution in [0.2, 0.25) is 0 Å². The Balaban J connectivity index is 0.000000805. The maximum absolute atomic E-state index is 14.4. The van der Waals surface area contributed by atoms with E-state index in [0.29, 0.717) is 32.9 Å². The number of methoxy groups -OCH3 is 1. The highest BCUT2D eigenvalue weighted by Gasteiger charge is 2.50. The topological polar surface area (TPSA) is 279 Å². The first-order valence-corrected chi connectivity index (χ1v) is 24.0. The van der Waals surface area contributed by atoms with E-state index in [1.165, 1.54) is 59.4 Å². The number of phenolic OH excluding ortho intramolecular Hbond substituents is 3. The highest BCUT2D eigenvalue weighted by molar-refractivity contribution is 6.23. The summed E-state index contributed by atoms with van der Waals surface area (Å²) >= 11 is 0. The average Bonchev–Trinajstić information content (AvgIpc) is 3.60. The predicted octanol–water partition coefficient (Wildman–Crippen LogP) is 4.12. The fraction of sp³-hybridized carbons (Fsp3) is 0.608. The number of aliphatic hydroxyl groups is 4. The zero-order valence-electron chi connectivity index (χ0n) is 42.9. The number of aliphatic hydroxyl groups excluding tert-OH is 4. The quantitative estimate of drug-likeness (QED) is 0.0488. The summed E-state index contributed by atoms with van der Waals surface area (Å²) in [7, 11) is 3.42. The monoisotopic (exact) mass is 1000 g/mol. The lowest BCUT2D eigenvalue weighted by molar-refractivity contribution is -0.160. The number of esters is 1. The summed E-state index contributed by atoms with van der Waals surface area (Å²) in [6, 6.07) is 0. The lowest BCUT2D eigenvalue weighted by atomic mass is 9.78. The molecule has 20 heteroatoms. The summed E-state index contributed by atoms with van der Waals surface area (Å²) in [6.45, 7) is 18.5. The largest absolute Gasteiger partial charge is 0.507 e. The third-order valence-electron chi connectivity index (χ3n) is 13.3. The number of anilines is 1. The van der Waals surface area contributed by atoms with Gasteiger partial charge in [0.15, 0.2) is 5.75 Å². The number of nitrogens with zero attached hydrogens (tertiary/aromatic N) is 3. The van der Waals surface area contributed by atoms with Crippen LogP contribution in [-0.4, -0.2) is 179 Å². The van der Waals surface area contributed by atoms with Gasteiger partial charge in [-0.15, -0.1) is 0 Å². The molecule has 2 aromatic carbocycles. The second kappa shape index (κ2) is 26.4. The molecule has 71 heavy (non-hydrogen) atoms. The van der Waals surface area contributed by atoms with E-state index in [0.717, 1.165) is 19.5 Å². The molecular weight excluding hydrogens is 925 g/mol. The number of Topliss-reactive ketones (excluding diaryl/α,β-unsaturated/α-hetero) is 1. The lowest BCUT2D eigenvalue weighted by Crippen LogP contribution is -2.46. The number of ether oxygens (including phenoxy) is 6. The lowest BCUT2D eigenvalue weighted by Gasteiger charge is -2.38. The first-order chi connectivity index (χ1) is 33.5. The molecule has 10 atom stereocenters. The standard InChI is InChI=1S/C43H58N4O12.C8H18O4/c1-21-12-11-13-22(2)42(55)45-33-28(20-44-47-17-15-46(9)16-18-47)37(52)30-31(38(33)53)36(51)26(6)40-32(30)41(54)43(8,59-40)57-19-14-29(56-10)23(3)39(58-27(7)48)25(5)35(50)24(4)34(21)49;1-8(12-7-4-10)2-5-11-6-3-9/h11-14,19-21,23-25,29,34-35,39,49-53H,15-18H2,1-10H3,(H,45,55);8-10H,2-7H2,1H3/b12-11+,19-14+,22-13-,44-20+;/t21-,23+,24+,25+,29-,34-,35+,39+,43-;/m0./s1. The summed E-state index contributed by atoms with van der Waals surface area (Å²) in [4.78, 5) is 42.6. The fourth-order valence-corrected chi connectivity index (χ4v) is 8.68. The van der Waals surface area contributed by atoms with Crippen molar-refractivity contribution in [3.05, 3.63) is 52.8 Å². The van der Waals surface area contributed by atoms with Crippen LogP contribution in [0.1, 0.15) is 83.3 Å². The van der Waals surface area contributed by atoms with Gasteiger partial charge in [0.1, 0.15) is 23.4 Å². The Morgan fingerprint density at radius 3 is 2.21 bits per heavy atom. The van der Waals surface area contributed by atoms with Crippen LogP contribution in [0.15, 0.2) is 41.2 Å². The molecule has 0 aromatic heterocycles. The van der Waals surface area contributed by atoms with Crippen LogP contribution in [-0.2, 0) is 33.3 Å². The minimum absolute atomic E-state index is 0.0559. The molecule has 1 saturated heterocycles. The van der Waals surface area contributed by atoms with E-state index in [2.05, 4.69) is 15.3 Å². The number of nitrogens with one attached hydrogen (secondary N) is 1. The molecule has 396 valence electrons. The molecule has 4 heterocycles. The molecule has 0 radical (unpaired) electrons. The van der Waals surface area contributed by atoms with Gasteiger partial charge in [0.2, 0.25) is 0 Å². The SMILES string of the molecule is CC(CCOCCO)OCCO.CO[C@H]1/C=C/O[C@@]2(C)Oc3c(C)c(O)c4c(O)c(c(/C=N/N5CCN(C)CC5)c(O)c4c3C2=O)NC(=O)/C(C)=C\C=C\[C@H](C)[C@H](O)[C@@H](C)[C@@H](O)[C@@H](C)[C@H](OC(C)=O)[C@@H]1C. The number of piperazine rings is 1. The van der Waals surface area contributed by atoms with Gasteiger partial charge in [0, 0.05) is 93.9 Å². The summed E-state index contributed by atoms with van der Waals surface area (Å²) < 4.78 is 33.8. The van der Waals surface area contributed by atoms with Gasteiger partial charge in [0.25, 0.3) is 11.7 Å².